The predicted molar refractivity (Wildman–Crippen MR) is 64.8 cm³/mol. The molecule has 2 N–H and O–H groups in total. The van der Waals surface area contributed by atoms with E-state index in [1.165, 1.54) is 13.2 Å². The first kappa shape index (κ1) is 15.1. The highest BCUT2D eigenvalue weighted by molar-refractivity contribution is 9.10. The molecule has 1 aromatic rings. The lowest BCUT2D eigenvalue weighted by Crippen LogP contribution is -2.35. The molecule has 0 aliphatic rings. The maximum Gasteiger partial charge on any atom is 0.396 e. The number of methoxy groups -OCH3 is 1. The maximum absolute atomic E-state index is 12.5. The molecule has 0 aliphatic heterocycles. The highest BCUT2D eigenvalue weighted by Crippen LogP contribution is 2.31. The van der Waals surface area contributed by atoms with Crippen molar-refractivity contribution in [1.82, 2.24) is 0 Å². The van der Waals surface area contributed by atoms with E-state index < -0.39 is 25.2 Å². The zero-order valence-corrected chi connectivity index (χ0v) is 11.2. The SMILES string of the molecule is COc1ccc(OCC(CN)C(F)(F)F)c(Br)c1. The van der Waals surface area contributed by atoms with Crippen LogP contribution in [0.2, 0.25) is 0 Å². The van der Waals surface area contributed by atoms with Gasteiger partial charge in [0.25, 0.3) is 0 Å². The lowest BCUT2D eigenvalue weighted by Gasteiger charge is -2.19. The number of nitrogens with two attached hydrogens (primary N) is 1. The first-order chi connectivity index (χ1) is 8.38. The van der Waals surface area contributed by atoms with Gasteiger partial charge in [-0.3, -0.25) is 0 Å². The normalized spacial score (nSPS) is 13.2. The van der Waals surface area contributed by atoms with E-state index in [2.05, 4.69) is 15.9 Å². The van der Waals surface area contributed by atoms with E-state index in [0.717, 1.165) is 0 Å². The third kappa shape index (κ3) is 4.06. The van der Waals surface area contributed by atoms with Crippen molar-refractivity contribution in [3.8, 4) is 11.5 Å². The summed E-state index contributed by atoms with van der Waals surface area (Å²) in [5.74, 6) is -0.773. The van der Waals surface area contributed by atoms with Gasteiger partial charge in [-0.05, 0) is 34.1 Å². The molecule has 0 aromatic heterocycles. The predicted octanol–water partition coefficient (Wildman–Crippen LogP) is 2.97. The molecular weight excluding hydrogens is 315 g/mol. The minimum absolute atomic E-state index is 0.318. The van der Waals surface area contributed by atoms with Gasteiger partial charge in [-0.15, -0.1) is 0 Å². The summed E-state index contributed by atoms with van der Waals surface area (Å²) >= 11 is 3.19. The van der Waals surface area contributed by atoms with Gasteiger partial charge in [0.05, 0.1) is 11.6 Å². The minimum atomic E-state index is -4.35. The fraction of sp³-hybridized carbons (Fsp3) is 0.455. The molecule has 0 heterocycles. The molecule has 0 aliphatic carbocycles. The maximum atomic E-state index is 12.5. The molecule has 1 rings (SSSR count). The number of hydrogen-bond acceptors (Lipinski definition) is 3. The van der Waals surface area contributed by atoms with Gasteiger partial charge in [-0.25, -0.2) is 0 Å². The molecule has 1 unspecified atom stereocenters. The summed E-state index contributed by atoms with van der Waals surface area (Å²) in [5.41, 5.74) is 5.08. The van der Waals surface area contributed by atoms with Crippen molar-refractivity contribution in [3.05, 3.63) is 22.7 Å². The molecule has 0 fully saturated rings. The zero-order valence-electron chi connectivity index (χ0n) is 9.63. The Kier molecular flexibility index (Phi) is 5.28. The van der Waals surface area contributed by atoms with Crippen molar-refractivity contribution in [3.63, 3.8) is 0 Å². The van der Waals surface area contributed by atoms with Crippen molar-refractivity contribution in [2.24, 2.45) is 11.7 Å². The lowest BCUT2D eigenvalue weighted by molar-refractivity contribution is -0.178. The molecule has 0 radical (unpaired) electrons. The lowest BCUT2D eigenvalue weighted by atomic mass is 10.1. The minimum Gasteiger partial charge on any atom is -0.497 e. The van der Waals surface area contributed by atoms with Gasteiger partial charge < -0.3 is 15.2 Å². The van der Waals surface area contributed by atoms with Crippen LogP contribution in [0.1, 0.15) is 0 Å². The van der Waals surface area contributed by atoms with E-state index in [4.69, 9.17) is 15.2 Å². The molecule has 102 valence electrons. The third-order valence-electron chi connectivity index (χ3n) is 2.33. The van der Waals surface area contributed by atoms with Crippen molar-refractivity contribution >= 4 is 15.9 Å². The van der Waals surface area contributed by atoms with Crippen molar-refractivity contribution in [1.29, 1.82) is 0 Å². The van der Waals surface area contributed by atoms with Crippen LogP contribution in [0.5, 0.6) is 11.5 Å². The number of hydrogen-bond donors (Lipinski definition) is 1. The molecule has 7 heteroatoms. The largest absolute Gasteiger partial charge is 0.497 e. The number of ether oxygens (including phenoxy) is 2. The quantitative estimate of drug-likeness (QED) is 0.904. The van der Waals surface area contributed by atoms with E-state index in [1.807, 2.05) is 0 Å². The topological polar surface area (TPSA) is 44.5 Å². The molecule has 18 heavy (non-hydrogen) atoms. The number of benzene rings is 1. The van der Waals surface area contributed by atoms with Crippen LogP contribution in [-0.4, -0.2) is 26.4 Å². The summed E-state index contributed by atoms with van der Waals surface area (Å²) in [5, 5.41) is 0. The molecule has 1 aromatic carbocycles. The molecule has 1 atom stereocenters. The monoisotopic (exact) mass is 327 g/mol. The second-order valence-electron chi connectivity index (χ2n) is 3.58. The van der Waals surface area contributed by atoms with E-state index in [9.17, 15) is 13.2 Å². The first-order valence-corrected chi connectivity index (χ1v) is 5.91. The van der Waals surface area contributed by atoms with Gasteiger partial charge in [0.2, 0.25) is 0 Å². The fourth-order valence-electron chi connectivity index (χ4n) is 1.21. The number of halogens is 4. The molecule has 0 spiro atoms. The highest BCUT2D eigenvalue weighted by atomic mass is 79.9. The van der Waals surface area contributed by atoms with E-state index in [0.29, 0.717) is 16.0 Å². The van der Waals surface area contributed by atoms with Crippen LogP contribution in [-0.2, 0) is 0 Å². The van der Waals surface area contributed by atoms with Gasteiger partial charge in [-0.2, -0.15) is 13.2 Å². The summed E-state index contributed by atoms with van der Waals surface area (Å²) < 4.78 is 48.0. The Labute approximate surface area is 111 Å². The summed E-state index contributed by atoms with van der Waals surface area (Å²) in [7, 11) is 1.50. The van der Waals surface area contributed by atoms with Crippen LogP contribution < -0.4 is 15.2 Å². The number of rotatable bonds is 5. The average Bonchev–Trinajstić information content (AvgIpc) is 2.29. The molecule has 0 bridgehead atoms. The fourth-order valence-corrected chi connectivity index (χ4v) is 1.68. The molecule has 0 saturated heterocycles. The second kappa shape index (κ2) is 6.29. The molecular formula is C11H13BrF3NO2. The summed E-state index contributed by atoms with van der Waals surface area (Å²) in [4.78, 5) is 0. The van der Waals surface area contributed by atoms with Crippen LogP contribution in [0.4, 0.5) is 13.2 Å². The summed E-state index contributed by atoms with van der Waals surface area (Å²) in [6.07, 6.45) is -4.35. The summed E-state index contributed by atoms with van der Waals surface area (Å²) in [6, 6.07) is 4.75. The van der Waals surface area contributed by atoms with Crippen LogP contribution in [0.15, 0.2) is 22.7 Å². The Bertz CT molecular complexity index is 398. The highest BCUT2D eigenvalue weighted by Gasteiger charge is 2.39. The third-order valence-corrected chi connectivity index (χ3v) is 2.95. The Morgan fingerprint density at radius 3 is 2.50 bits per heavy atom. The van der Waals surface area contributed by atoms with E-state index in [1.54, 1.807) is 12.1 Å². The van der Waals surface area contributed by atoms with Crippen LogP contribution in [0.3, 0.4) is 0 Å². The van der Waals surface area contributed by atoms with Gasteiger partial charge in [-0.1, -0.05) is 0 Å². The molecule has 0 saturated carbocycles. The van der Waals surface area contributed by atoms with Gasteiger partial charge in [0, 0.05) is 6.54 Å². The van der Waals surface area contributed by atoms with Crippen LogP contribution >= 0.6 is 15.9 Å². The van der Waals surface area contributed by atoms with E-state index >= 15 is 0 Å². The average molecular weight is 328 g/mol. The van der Waals surface area contributed by atoms with Gasteiger partial charge in [0.1, 0.15) is 24.0 Å². The van der Waals surface area contributed by atoms with Crippen LogP contribution in [0, 0.1) is 5.92 Å². The van der Waals surface area contributed by atoms with Crippen LogP contribution in [0.25, 0.3) is 0 Å². The van der Waals surface area contributed by atoms with Crippen molar-refractivity contribution in [2.45, 2.75) is 6.18 Å². The second-order valence-corrected chi connectivity index (χ2v) is 4.44. The van der Waals surface area contributed by atoms with Gasteiger partial charge in [0.15, 0.2) is 0 Å². The number of alkyl halides is 3. The molecule has 0 amide bonds. The van der Waals surface area contributed by atoms with Crippen molar-refractivity contribution in [2.75, 3.05) is 20.3 Å². The zero-order chi connectivity index (χ0) is 13.8. The Morgan fingerprint density at radius 1 is 1.39 bits per heavy atom. The smallest absolute Gasteiger partial charge is 0.396 e. The van der Waals surface area contributed by atoms with Crippen molar-refractivity contribution < 1.29 is 22.6 Å². The molecule has 3 nitrogen and oxygen atoms in total. The Hall–Kier alpha value is -0.950. The van der Waals surface area contributed by atoms with E-state index in [-0.39, 0.29) is 0 Å². The standard InChI is InChI=1S/C11H13BrF3NO2/c1-17-8-2-3-10(9(12)4-8)18-6-7(5-16)11(13,14)15/h2-4,7H,5-6,16H2,1H3. The first-order valence-electron chi connectivity index (χ1n) is 5.11. The van der Waals surface area contributed by atoms with Gasteiger partial charge >= 0.3 is 6.18 Å². The Morgan fingerprint density at radius 2 is 2.06 bits per heavy atom. The Balaban J connectivity index is 2.68. The summed E-state index contributed by atoms with van der Waals surface area (Å²) in [6.45, 7) is -1.01.